The second-order valence-corrected chi connectivity index (χ2v) is 6.64. The van der Waals surface area contributed by atoms with Crippen molar-refractivity contribution in [2.75, 3.05) is 5.32 Å². The second-order valence-electron chi connectivity index (χ2n) is 6.64. The van der Waals surface area contributed by atoms with Crippen molar-refractivity contribution < 1.29 is 9.21 Å². The van der Waals surface area contributed by atoms with Gasteiger partial charge in [-0.2, -0.15) is 5.10 Å². The topological polar surface area (TPSA) is 88.7 Å². The third-order valence-corrected chi connectivity index (χ3v) is 4.57. The van der Waals surface area contributed by atoms with Gasteiger partial charge in [-0.1, -0.05) is 30.3 Å². The third kappa shape index (κ3) is 3.19. The van der Waals surface area contributed by atoms with Crippen LogP contribution >= 0.6 is 0 Å². The Hall–Kier alpha value is -4.13. The number of imidazole rings is 1. The van der Waals surface area contributed by atoms with E-state index in [0.717, 1.165) is 22.5 Å². The van der Waals surface area contributed by atoms with Gasteiger partial charge in [0.25, 0.3) is 5.91 Å². The molecule has 142 valence electrons. The van der Waals surface area contributed by atoms with Gasteiger partial charge in [0.15, 0.2) is 5.76 Å². The Morgan fingerprint density at radius 2 is 1.83 bits per heavy atom. The fraction of sp³-hybridized carbons (Fsp3) is 0.0455. The van der Waals surface area contributed by atoms with E-state index in [1.165, 1.54) is 0 Å². The number of hydrogen-bond acceptors (Lipinski definition) is 4. The van der Waals surface area contributed by atoms with Crippen molar-refractivity contribution in [1.29, 1.82) is 0 Å². The van der Waals surface area contributed by atoms with Crippen molar-refractivity contribution >= 4 is 22.9 Å². The molecule has 2 aromatic carbocycles. The summed E-state index contributed by atoms with van der Waals surface area (Å²) >= 11 is 0. The lowest BCUT2D eigenvalue weighted by Crippen LogP contribution is -2.13. The number of nitrogens with zero attached hydrogens (tertiary/aromatic N) is 3. The highest BCUT2D eigenvalue weighted by Gasteiger charge is 2.22. The van der Waals surface area contributed by atoms with Crippen molar-refractivity contribution in [3.8, 4) is 17.1 Å². The summed E-state index contributed by atoms with van der Waals surface area (Å²) in [4.78, 5) is 20.6. The van der Waals surface area contributed by atoms with E-state index < -0.39 is 0 Å². The Kier molecular flexibility index (Phi) is 3.98. The summed E-state index contributed by atoms with van der Waals surface area (Å²) in [6, 6.07) is 20.9. The first kappa shape index (κ1) is 17.0. The zero-order valence-corrected chi connectivity index (χ0v) is 15.6. The fourth-order valence-electron chi connectivity index (χ4n) is 3.18. The summed E-state index contributed by atoms with van der Waals surface area (Å²) in [7, 11) is 0. The minimum Gasteiger partial charge on any atom is -0.460 e. The van der Waals surface area contributed by atoms with Crippen LogP contribution in [0.3, 0.4) is 0 Å². The SMILES string of the molecule is Cc1ccc(-c2nn(-c3ccccc3)cc2C(=O)Nc2nc3ccccc3[nH]2)o1. The Labute approximate surface area is 166 Å². The van der Waals surface area contributed by atoms with E-state index in [1.807, 2.05) is 73.7 Å². The predicted molar refractivity (Wildman–Crippen MR) is 110 cm³/mol. The lowest BCUT2D eigenvalue weighted by Gasteiger charge is -2.00. The maximum atomic E-state index is 13.1. The van der Waals surface area contributed by atoms with Gasteiger partial charge in [0.2, 0.25) is 5.95 Å². The van der Waals surface area contributed by atoms with Gasteiger partial charge < -0.3 is 9.40 Å². The smallest absolute Gasteiger partial charge is 0.261 e. The van der Waals surface area contributed by atoms with E-state index >= 15 is 0 Å². The number of rotatable bonds is 4. The van der Waals surface area contributed by atoms with Gasteiger partial charge >= 0.3 is 0 Å². The molecule has 5 aromatic rings. The number of H-pyrrole nitrogens is 1. The van der Waals surface area contributed by atoms with Gasteiger partial charge in [-0.15, -0.1) is 0 Å². The number of aromatic nitrogens is 4. The van der Waals surface area contributed by atoms with Gasteiger partial charge in [-0.3, -0.25) is 10.1 Å². The normalized spacial score (nSPS) is 11.1. The van der Waals surface area contributed by atoms with E-state index in [-0.39, 0.29) is 5.91 Å². The molecule has 29 heavy (non-hydrogen) atoms. The maximum absolute atomic E-state index is 13.1. The first-order valence-electron chi connectivity index (χ1n) is 9.15. The first-order valence-corrected chi connectivity index (χ1v) is 9.15. The van der Waals surface area contributed by atoms with Crippen molar-refractivity contribution in [2.24, 2.45) is 0 Å². The van der Waals surface area contributed by atoms with Crippen molar-refractivity contribution in [3.63, 3.8) is 0 Å². The van der Waals surface area contributed by atoms with E-state index in [2.05, 4.69) is 20.4 Å². The molecule has 5 rings (SSSR count). The van der Waals surface area contributed by atoms with Gasteiger partial charge in [-0.05, 0) is 43.3 Å². The fourth-order valence-corrected chi connectivity index (χ4v) is 3.18. The molecule has 0 saturated carbocycles. The number of aryl methyl sites for hydroxylation is 1. The third-order valence-electron chi connectivity index (χ3n) is 4.57. The second kappa shape index (κ2) is 6.79. The van der Waals surface area contributed by atoms with Crippen LogP contribution in [0.15, 0.2) is 77.3 Å². The molecule has 0 atom stereocenters. The number of furan rings is 1. The molecule has 0 fully saturated rings. The number of hydrogen-bond donors (Lipinski definition) is 2. The van der Waals surface area contributed by atoms with Crippen LogP contribution in [0.2, 0.25) is 0 Å². The summed E-state index contributed by atoms with van der Waals surface area (Å²) in [5, 5.41) is 7.43. The van der Waals surface area contributed by atoms with Crippen LogP contribution in [-0.4, -0.2) is 25.7 Å². The molecule has 3 heterocycles. The molecule has 0 aliphatic carbocycles. The van der Waals surface area contributed by atoms with E-state index in [1.54, 1.807) is 10.9 Å². The number of carbonyl (C=O) groups is 1. The largest absolute Gasteiger partial charge is 0.460 e. The van der Waals surface area contributed by atoms with Gasteiger partial charge in [0.05, 0.1) is 22.3 Å². The molecular formula is C22H17N5O2. The number of para-hydroxylation sites is 3. The van der Waals surface area contributed by atoms with E-state index in [4.69, 9.17) is 4.42 Å². The summed E-state index contributed by atoms with van der Waals surface area (Å²) in [5.74, 6) is 1.34. The molecule has 2 N–H and O–H groups in total. The number of amides is 1. The van der Waals surface area contributed by atoms with Crippen LogP contribution < -0.4 is 5.32 Å². The number of anilines is 1. The quantitative estimate of drug-likeness (QED) is 0.476. The molecule has 0 spiro atoms. The zero-order chi connectivity index (χ0) is 19.8. The standard InChI is InChI=1S/C22H17N5O2/c1-14-11-12-19(29-14)20-16(13-27(26-20)15-7-3-2-4-8-15)21(28)25-22-23-17-9-5-6-10-18(17)24-22/h2-13H,1H3,(H2,23,24,25,28). The highest BCUT2D eigenvalue weighted by molar-refractivity contribution is 6.07. The maximum Gasteiger partial charge on any atom is 0.261 e. The average molecular weight is 383 g/mol. The molecule has 0 unspecified atom stereocenters. The zero-order valence-electron chi connectivity index (χ0n) is 15.6. The molecule has 3 aromatic heterocycles. The lowest BCUT2D eigenvalue weighted by atomic mass is 10.2. The van der Waals surface area contributed by atoms with Crippen LogP contribution in [0, 0.1) is 6.92 Å². The predicted octanol–water partition coefficient (Wildman–Crippen LogP) is 4.57. The molecule has 0 bridgehead atoms. The lowest BCUT2D eigenvalue weighted by molar-refractivity contribution is 0.102. The number of benzene rings is 2. The summed E-state index contributed by atoms with van der Waals surface area (Å²) in [6.45, 7) is 1.85. The van der Waals surface area contributed by atoms with Crippen LogP contribution in [0.25, 0.3) is 28.2 Å². The molecular weight excluding hydrogens is 366 g/mol. The molecule has 0 aliphatic heterocycles. The van der Waals surface area contributed by atoms with Gasteiger partial charge in [-0.25, -0.2) is 9.67 Å². The highest BCUT2D eigenvalue weighted by Crippen LogP contribution is 2.26. The van der Waals surface area contributed by atoms with Gasteiger partial charge in [0.1, 0.15) is 11.5 Å². The molecule has 0 radical (unpaired) electrons. The van der Waals surface area contributed by atoms with E-state index in [9.17, 15) is 4.79 Å². The Balaban J connectivity index is 1.55. The Morgan fingerprint density at radius 3 is 2.59 bits per heavy atom. The first-order chi connectivity index (χ1) is 14.2. The highest BCUT2D eigenvalue weighted by atomic mass is 16.3. The number of nitrogens with one attached hydrogen (secondary N) is 2. The minimum absolute atomic E-state index is 0.324. The molecule has 1 amide bonds. The monoisotopic (exact) mass is 383 g/mol. The van der Waals surface area contributed by atoms with Crippen molar-refractivity contribution in [1.82, 2.24) is 19.7 Å². The Bertz CT molecular complexity index is 1280. The number of fused-ring (bicyclic) bond motifs is 1. The number of carbonyl (C=O) groups excluding carboxylic acids is 1. The van der Waals surface area contributed by atoms with Crippen molar-refractivity contribution in [2.45, 2.75) is 6.92 Å². The van der Waals surface area contributed by atoms with Crippen LogP contribution in [0.1, 0.15) is 16.1 Å². The molecule has 7 heteroatoms. The molecule has 7 nitrogen and oxygen atoms in total. The molecule has 0 saturated heterocycles. The van der Waals surface area contributed by atoms with Crippen LogP contribution in [0.4, 0.5) is 5.95 Å². The van der Waals surface area contributed by atoms with Crippen molar-refractivity contribution in [3.05, 3.63) is 84.3 Å². The van der Waals surface area contributed by atoms with Crippen LogP contribution in [0.5, 0.6) is 0 Å². The Morgan fingerprint density at radius 1 is 1.03 bits per heavy atom. The summed E-state index contributed by atoms with van der Waals surface area (Å²) in [6.07, 6.45) is 1.69. The summed E-state index contributed by atoms with van der Waals surface area (Å²) in [5.41, 5.74) is 3.34. The van der Waals surface area contributed by atoms with Crippen LogP contribution in [-0.2, 0) is 0 Å². The average Bonchev–Trinajstić information content (AvgIpc) is 3.45. The summed E-state index contributed by atoms with van der Waals surface area (Å²) < 4.78 is 7.40. The van der Waals surface area contributed by atoms with E-state index in [0.29, 0.717) is 23.0 Å². The number of aromatic amines is 1. The van der Waals surface area contributed by atoms with Gasteiger partial charge in [0, 0.05) is 6.20 Å². The minimum atomic E-state index is -0.324. The molecule has 0 aliphatic rings.